The van der Waals surface area contributed by atoms with E-state index < -0.39 is 11.5 Å². The van der Waals surface area contributed by atoms with Gasteiger partial charge in [0.05, 0.1) is 6.04 Å². The van der Waals surface area contributed by atoms with Gasteiger partial charge in [-0.05, 0) is 19.9 Å². The van der Waals surface area contributed by atoms with Crippen molar-refractivity contribution in [2.24, 2.45) is 0 Å². The maximum absolute atomic E-state index is 11.4. The molecule has 1 saturated carbocycles. The van der Waals surface area contributed by atoms with E-state index in [0.717, 1.165) is 13.1 Å². The first-order chi connectivity index (χ1) is 7.02. The topological polar surface area (TPSA) is 81.7 Å². The normalized spacial score (nSPS) is 24.1. The van der Waals surface area contributed by atoms with Crippen LogP contribution in [0, 0.1) is 0 Å². The number of carboxylic acid groups (broad SMARTS) is 1. The molecule has 0 aromatic heterocycles. The highest BCUT2D eigenvalue weighted by Crippen LogP contribution is 2.35. The number of amides is 2. The molecule has 1 heterocycles. The molecule has 2 fully saturated rings. The summed E-state index contributed by atoms with van der Waals surface area (Å²) in [5, 5.41) is 14.1. The third-order valence-corrected chi connectivity index (χ3v) is 2.91. The van der Waals surface area contributed by atoms with Crippen LogP contribution >= 0.6 is 0 Å². The fourth-order valence-corrected chi connectivity index (χ4v) is 1.75. The summed E-state index contributed by atoms with van der Waals surface area (Å²) >= 11 is 0. The summed E-state index contributed by atoms with van der Waals surface area (Å²) in [7, 11) is 1.97. The summed E-state index contributed by atoms with van der Waals surface area (Å²) in [6.07, 6.45) is 1.06. The number of carbonyl (C=O) groups excluding carboxylic acids is 1. The van der Waals surface area contributed by atoms with Gasteiger partial charge in [0, 0.05) is 13.1 Å². The Balaban J connectivity index is 1.76. The van der Waals surface area contributed by atoms with E-state index in [9.17, 15) is 9.59 Å². The highest BCUT2D eigenvalue weighted by molar-refractivity contribution is 5.89. The lowest BCUT2D eigenvalue weighted by molar-refractivity contribution is -0.140. The molecule has 0 spiro atoms. The summed E-state index contributed by atoms with van der Waals surface area (Å²) in [5.41, 5.74) is -0.986. The fourth-order valence-electron chi connectivity index (χ4n) is 1.75. The van der Waals surface area contributed by atoms with Gasteiger partial charge in [-0.3, -0.25) is 0 Å². The van der Waals surface area contributed by atoms with Crippen molar-refractivity contribution in [3.05, 3.63) is 0 Å². The zero-order valence-electron chi connectivity index (χ0n) is 8.62. The molecule has 2 aliphatic rings. The van der Waals surface area contributed by atoms with Gasteiger partial charge in [-0.15, -0.1) is 0 Å². The van der Waals surface area contributed by atoms with Gasteiger partial charge in [0.25, 0.3) is 0 Å². The number of hydrogen-bond donors (Lipinski definition) is 3. The predicted molar refractivity (Wildman–Crippen MR) is 52.6 cm³/mol. The Morgan fingerprint density at radius 3 is 2.40 bits per heavy atom. The molecule has 6 nitrogen and oxygen atoms in total. The number of urea groups is 1. The van der Waals surface area contributed by atoms with Gasteiger partial charge in [0.15, 0.2) is 0 Å². The van der Waals surface area contributed by atoms with Crippen LogP contribution < -0.4 is 10.6 Å². The number of nitrogens with zero attached hydrogens (tertiary/aromatic N) is 1. The van der Waals surface area contributed by atoms with Crippen molar-refractivity contribution in [1.82, 2.24) is 15.5 Å². The molecule has 0 bridgehead atoms. The zero-order valence-corrected chi connectivity index (χ0v) is 8.62. The Morgan fingerprint density at radius 1 is 1.40 bits per heavy atom. The SMILES string of the molecule is CN1CC(NC(=O)NC2(C(=O)O)CC2)C1. The van der Waals surface area contributed by atoms with Gasteiger partial charge >= 0.3 is 12.0 Å². The number of likely N-dealkylation sites (tertiary alicyclic amines) is 1. The minimum atomic E-state index is -0.986. The smallest absolute Gasteiger partial charge is 0.329 e. The first-order valence-corrected chi connectivity index (χ1v) is 5.02. The first-order valence-electron chi connectivity index (χ1n) is 5.02. The van der Waals surface area contributed by atoms with Crippen molar-refractivity contribution in [3.63, 3.8) is 0 Å². The summed E-state index contributed by atoms with van der Waals surface area (Å²) in [6.45, 7) is 1.65. The van der Waals surface area contributed by atoms with Crippen LogP contribution in [0.3, 0.4) is 0 Å². The molecule has 84 valence electrons. The van der Waals surface area contributed by atoms with Crippen molar-refractivity contribution in [1.29, 1.82) is 0 Å². The summed E-state index contributed by atoms with van der Waals surface area (Å²) in [4.78, 5) is 24.3. The van der Waals surface area contributed by atoms with Crippen LogP contribution in [0.1, 0.15) is 12.8 Å². The largest absolute Gasteiger partial charge is 0.480 e. The molecule has 1 saturated heterocycles. The monoisotopic (exact) mass is 213 g/mol. The van der Waals surface area contributed by atoms with Crippen molar-refractivity contribution in [3.8, 4) is 0 Å². The van der Waals surface area contributed by atoms with E-state index in [1.165, 1.54) is 0 Å². The van der Waals surface area contributed by atoms with E-state index in [4.69, 9.17) is 5.11 Å². The number of hydrogen-bond acceptors (Lipinski definition) is 3. The van der Waals surface area contributed by atoms with E-state index >= 15 is 0 Å². The van der Waals surface area contributed by atoms with Crippen LogP contribution in [-0.4, -0.2) is 53.7 Å². The maximum atomic E-state index is 11.4. The Hall–Kier alpha value is -1.30. The third-order valence-electron chi connectivity index (χ3n) is 2.91. The third kappa shape index (κ3) is 2.04. The molecule has 1 aliphatic carbocycles. The Morgan fingerprint density at radius 2 is 2.00 bits per heavy atom. The lowest BCUT2D eigenvalue weighted by atomic mass is 10.1. The fraction of sp³-hybridized carbons (Fsp3) is 0.778. The van der Waals surface area contributed by atoms with Crippen LogP contribution in [0.4, 0.5) is 4.79 Å². The minimum Gasteiger partial charge on any atom is -0.480 e. The second kappa shape index (κ2) is 3.37. The van der Waals surface area contributed by atoms with Gasteiger partial charge in [-0.1, -0.05) is 0 Å². The van der Waals surface area contributed by atoms with Crippen molar-refractivity contribution >= 4 is 12.0 Å². The number of aliphatic carboxylic acids is 1. The molecule has 3 N–H and O–H groups in total. The van der Waals surface area contributed by atoms with Crippen molar-refractivity contribution in [2.45, 2.75) is 24.4 Å². The number of carboxylic acids is 1. The van der Waals surface area contributed by atoms with Crippen LogP contribution in [0.5, 0.6) is 0 Å². The Kier molecular flexibility index (Phi) is 2.30. The van der Waals surface area contributed by atoms with Gasteiger partial charge in [0.1, 0.15) is 5.54 Å². The highest BCUT2D eigenvalue weighted by Gasteiger charge is 2.51. The summed E-state index contributed by atoms with van der Waals surface area (Å²) in [5.74, 6) is -0.941. The first kappa shape index (κ1) is 10.2. The van der Waals surface area contributed by atoms with Gasteiger partial charge in [0.2, 0.25) is 0 Å². The van der Waals surface area contributed by atoms with E-state index in [1.807, 2.05) is 7.05 Å². The second-order valence-electron chi connectivity index (χ2n) is 4.40. The zero-order chi connectivity index (χ0) is 11.1. The molecule has 0 aromatic rings. The molecule has 1 aliphatic heterocycles. The van der Waals surface area contributed by atoms with Crippen LogP contribution in [0.25, 0.3) is 0 Å². The van der Waals surface area contributed by atoms with Crippen LogP contribution in [0.2, 0.25) is 0 Å². The van der Waals surface area contributed by atoms with E-state index in [-0.39, 0.29) is 12.1 Å². The predicted octanol–water partition coefficient (Wildman–Crippen LogP) is -0.783. The number of likely N-dealkylation sites (N-methyl/N-ethyl adjacent to an activating group) is 1. The molecule has 0 aromatic carbocycles. The van der Waals surface area contributed by atoms with Crippen LogP contribution in [-0.2, 0) is 4.79 Å². The van der Waals surface area contributed by atoms with E-state index in [0.29, 0.717) is 12.8 Å². The number of nitrogens with one attached hydrogen (secondary N) is 2. The molecule has 0 atom stereocenters. The lowest BCUT2D eigenvalue weighted by Crippen LogP contribution is -2.60. The van der Waals surface area contributed by atoms with Gasteiger partial charge in [-0.25, -0.2) is 9.59 Å². The second-order valence-corrected chi connectivity index (χ2v) is 4.40. The molecular weight excluding hydrogens is 198 g/mol. The van der Waals surface area contributed by atoms with Crippen molar-refractivity contribution in [2.75, 3.05) is 20.1 Å². The molecule has 6 heteroatoms. The minimum absolute atomic E-state index is 0.152. The van der Waals surface area contributed by atoms with Gasteiger partial charge in [-0.2, -0.15) is 0 Å². The average molecular weight is 213 g/mol. The van der Waals surface area contributed by atoms with E-state index in [2.05, 4.69) is 15.5 Å². The molecule has 0 unspecified atom stereocenters. The lowest BCUT2D eigenvalue weighted by Gasteiger charge is -2.36. The highest BCUT2D eigenvalue weighted by atomic mass is 16.4. The maximum Gasteiger partial charge on any atom is 0.329 e. The molecule has 0 radical (unpaired) electrons. The van der Waals surface area contributed by atoms with Crippen molar-refractivity contribution < 1.29 is 14.7 Å². The number of carbonyl (C=O) groups is 2. The molecule has 15 heavy (non-hydrogen) atoms. The van der Waals surface area contributed by atoms with Crippen LogP contribution in [0.15, 0.2) is 0 Å². The average Bonchev–Trinajstić information content (AvgIpc) is 2.82. The molecule has 2 amide bonds. The molecule has 2 rings (SSSR count). The van der Waals surface area contributed by atoms with Gasteiger partial charge < -0.3 is 20.6 Å². The summed E-state index contributed by atoms with van der Waals surface area (Å²) < 4.78 is 0. The summed E-state index contributed by atoms with van der Waals surface area (Å²) in [6, 6.07) is -0.215. The Labute approximate surface area is 87.6 Å². The number of rotatable bonds is 3. The standard InChI is InChI=1S/C9H15N3O3/c1-12-4-6(5-12)10-8(15)11-9(2-3-9)7(13)14/h6H,2-5H2,1H3,(H,13,14)(H2,10,11,15). The quantitative estimate of drug-likeness (QED) is 0.574. The van der Waals surface area contributed by atoms with E-state index in [1.54, 1.807) is 0 Å². The Bertz CT molecular complexity index is 295. The molecular formula is C9H15N3O3.